The van der Waals surface area contributed by atoms with E-state index in [-0.39, 0.29) is 5.69 Å². The maximum absolute atomic E-state index is 12.5. The molecule has 0 saturated carbocycles. The van der Waals surface area contributed by atoms with Crippen LogP contribution >= 0.6 is 0 Å². The Kier molecular flexibility index (Phi) is 3.66. The summed E-state index contributed by atoms with van der Waals surface area (Å²) in [6.45, 7) is 0. The number of hydrogen-bond acceptors (Lipinski definition) is 4. The number of amides is 1. The number of anilines is 1. The smallest absolute Gasteiger partial charge is 0.416 e. The second-order valence-corrected chi connectivity index (χ2v) is 3.95. The molecule has 6 nitrogen and oxygen atoms in total. The molecule has 0 atom stereocenters. The molecule has 0 spiro atoms. The number of nitrogens with zero attached hydrogens (tertiary/aromatic N) is 1. The highest BCUT2D eigenvalue weighted by Crippen LogP contribution is 2.30. The van der Waals surface area contributed by atoms with Crippen LogP contribution in [0.3, 0.4) is 0 Å². The number of nitrogens with one attached hydrogen (secondary N) is 2. The highest BCUT2D eigenvalue weighted by molar-refractivity contribution is 6.08. The average molecular weight is 298 g/mol. The van der Waals surface area contributed by atoms with Crippen LogP contribution < -0.4 is 10.4 Å². The van der Waals surface area contributed by atoms with E-state index in [4.69, 9.17) is 0 Å². The maximum Gasteiger partial charge on any atom is 0.416 e. The number of H-pyrrole nitrogens is 1. The molecule has 9 heteroatoms. The van der Waals surface area contributed by atoms with E-state index in [1.165, 1.54) is 6.07 Å². The number of hydrogen-bond donors (Lipinski definition) is 2. The molecule has 0 aliphatic carbocycles. The summed E-state index contributed by atoms with van der Waals surface area (Å²) in [6, 6.07) is 3.92. The first-order valence-corrected chi connectivity index (χ1v) is 5.52. The van der Waals surface area contributed by atoms with Gasteiger partial charge in [-0.15, -0.1) is 0 Å². The van der Waals surface area contributed by atoms with Gasteiger partial charge in [-0.1, -0.05) is 6.07 Å². The van der Waals surface area contributed by atoms with Crippen LogP contribution in [0.2, 0.25) is 0 Å². The quantitative estimate of drug-likeness (QED) is 0.884. The van der Waals surface area contributed by atoms with Gasteiger partial charge in [0.25, 0.3) is 5.91 Å². The van der Waals surface area contributed by atoms with Crippen molar-refractivity contribution in [3.8, 4) is 0 Å². The standard InChI is InChI=1S/C12H8F3N3O3/c13-12(14,15)6-2-1-3-7(4-6)18-10(19)8-9(11(20)21)17-5-16-8/h1-5H,(H,16,17)(H,18,19)(H,20,21)/p-1. The highest BCUT2D eigenvalue weighted by Gasteiger charge is 2.30. The van der Waals surface area contributed by atoms with E-state index in [2.05, 4.69) is 15.3 Å². The number of rotatable bonds is 3. The molecule has 21 heavy (non-hydrogen) atoms. The number of benzene rings is 1. The number of alkyl halides is 3. The fourth-order valence-electron chi connectivity index (χ4n) is 1.59. The summed E-state index contributed by atoms with van der Waals surface area (Å²) in [5.41, 5.74) is -2.11. The molecule has 0 saturated heterocycles. The Morgan fingerprint density at radius 3 is 2.62 bits per heavy atom. The zero-order valence-corrected chi connectivity index (χ0v) is 10.2. The van der Waals surface area contributed by atoms with Gasteiger partial charge < -0.3 is 20.2 Å². The third-order valence-corrected chi connectivity index (χ3v) is 2.51. The molecule has 1 amide bonds. The number of carbonyl (C=O) groups is 2. The Morgan fingerprint density at radius 1 is 1.29 bits per heavy atom. The minimum absolute atomic E-state index is 0.137. The minimum Gasteiger partial charge on any atom is -0.543 e. The SMILES string of the molecule is O=C(Nc1cccc(C(F)(F)F)c1)c1nc[nH]c1C(=O)[O-]. The van der Waals surface area contributed by atoms with E-state index in [1.54, 1.807) is 0 Å². The van der Waals surface area contributed by atoms with Crippen molar-refractivity contribution >= 4 is 17.6 Å². The van der Waals surface area contributed by atoms with Gasteiger partial charge in [0, 0.05) is 5.69 Å². The van der Waals surface area contributed by atoms with E-state index in [9.17, 15) is 27.9 Å². The molecule has 2 N–H and O–H groups in total. The van der Waals surface area contributed by atoms with Gasteiger partial charge in [0.2, 0.25) is 0 Å². The maximum atomic E-state index is 12.5. The monoisotopic (exact) mass is 298 g/mol. The predicted octanol–water partition coefficient (Wildman–Crippen LogP) is 1.04. The lowest BCUT2D eigenvalue weighted by Gasteiger charge is -2.10. The molecule has 0 radical (unpaired) electrons. The van der Waals surface area contributed by atoms with Crippen molar-refractivity contribution in [1.82, 2.24) is 9.97 Å². The van der Waals surface area contributed by atoms with Gasteiger partial charge in [-0.3, -0.25) is 4.79 Å². The fourth-order valence-corrected chi connectivity index (χ4v) is 1.59. The van der Waals surface area contributed by atoms with Gasteiger partial charge in [0.1, 0.15) is 0 Å². The van der Waals surface area contributed by atoms with E-state index in [0.29, 0.717) is 0 Å². The number of halogens is 3. The Balaban J connectivity index is 2.24. The van der Waals surface area contributed by atoms with Gasteiger partial charge >= 0.3 is 6.18 Å². The van der Waals surface area contributed by atoms with Crippen molar-refractivity contribution < 1.29 is 27.9 Å². The Bertz CT molecular complexity index is 694. The summed E-state index contributed by atoms with van der Waals surface area (Å²) in [7, 11) is 0. The van der Waals surface area contributed by atoms with Crippen molar-refractivity contribution in [1.29, 1.82) is 0 Å². The van der Waals surface area contributed by atoms with Gasteiger partial charge in [-0.2, -0.15) is 13.2 Å². The number of carboxylic acid groups (broad SMARTS) is 1. The summed E-state index contributed by atoms with van der Waals surface area (Å²) in [4.78, 5) is 28.2. The summed E-state index contributed by atoms with van der Waals surface area (Å²) in [6.07, 6.45) is -3.59. The molecular weight excluding hydrogens is 291 g/mol. The number of carboxylic acids is 1. The number of aromatic carboxylic acids is 1. The molecule has 1 aromatic carbocycles. The topological polar surface area (TPSA) is 97.9 Å². The second kappa shape index (κ2) is 5.27. The summed E-state index contributed by atoms with van der Waals surface area (Å²) in [5.74, 6) is -2.61. The first-order valence-electron chi connectivity index (χ1n) is 5.52. The molecule has 2 aromatic rings. The summed E-state index contributed by atoms with van der Waals surface area (Å²) in [5, 5.41) is 12.9. The lowest BCUT2D eigenvalue weighted by atomic mass is 10.2. The summed E-state index contributed by atoms with van der Waals surface area (Å²) < 4.78 is 37.6. The predicted molar refractivity (Wildman–Crippen MR) is 62.3 cm³/mol. The Morgan fingerprint density at radius 2 is 2.00 bits per heavy atom. The second-order valence-electron chi connectivity index (χ2n) is 3.95. The van der Waals surface area contributed by atoms with Crippen molar-refractivity contribution in [2.24, 2.45) is 0 Å². The van der Waals surface area contributed by atoms with Crippen molar-refractivity contribution in [2.45, 2.75) is 6.18 Å². The van der Waals surface area contributed by atoms with Crippen LogP contribution in [0.1, 0.15) is 26.5 Å². The van der Waals surface area contributed by atoms with Crippen molar-refractivity contribution in [3.63, 3.8) is 0 Å². The molecule has 2 rings (SSSR count). The van der Waals surface area contributed by atoms with E-state index >= 15 is 0 Å². The van der Waals surface area contributed by atoms with Crippen LogP contribution in [-0.2, 0) is 6.18 Å². The molecule has 0 aliphatic heterocycles. The highest BCUT2D eigenvalue weighted by atomic mass is 19.4. The molecule has 0 fully saturated rings. The molecular formula is C12H7F3N3O3-. The van der Waals surface area contributed by atoms with E-state index in [0.717, 1.165) is 24.5 Å². The molecule has 110 valence electrons. The summed E-state index contributed by atoms with van der Waals surface area (Å²) >= 11 is 0. The zero-order valence-electron chi connectivity index (χ0n) is 10.2. The van der Waals surface area contributed by atoms with Crippen molar-refractivity contribution in [2.75, 3.05) is 5.32 Å². The number of carbonyl (C=O) groups excluding carboxylic acids is 2. The lowest BCUT2D eigenvalue weighted by Crippen LogP contribution is -2.26. The molecule has 0 bridgehead atoms. The first-order chi connectivity index (χ1) is 9.79. The fraction of sp³-hybridized carbons (Fsp3) is 0.0833. The van der Waals surface area contributed by atoms with Crippen LogP contribution in [0.25, 0.3) is 0 Å². The number of imidazole rings is 1. The van der Waals surface area contributed by atoms with Gasteiger partial charge in [0.15, 0.2) is 5.69 Å². The molecule has 0 aliphatic rings. The first kappa shape index (κ1) is 14.6. The number of aromatic nitrogens is 2. The van der Waals surface area contributed by atoms with E-state index in [1.807, 2.05) is 0 Å². The average Bonchev–Trinajstić information content (AvgIpc) is 2.87. The van der Waals surface area contributed by atoms with E-state index < -0.39 is 35.0 Å². The molecule has 1 heterocycles. The number of aromatic amines is 1. The van der Waals surface area contributed by atoms with Gasteiger partial charge in [0.05, 0.1) is 23.6 Å². The Hall–Kier alpha value is -2.84. The third kappa shape index (κ3) is 3.19. The van der Waals surface area contributed by atoms with Crippen LogP contribution in [-0.4, -0.2) is 21.8 Å². The van der Waals surface area contributed by atoms with Crippen molar-refractivity contribution in [3.05, 3.63) is 47.5 Å². The normalized spacial score (nSPS) is 11.2. The molecule has 1 aromatic heterocycles. The molecule has 0 unspecified atom stereocenters. The van der Waals surface area contributed by atoms with Gasteiger partial charge in [-0.25, -0.2) is 4.98 Å². The lowest BCUT2D eigenvalue weighted by molar-refractivity contribution is -0.255. The van der Waals surface area contributed by atoms with Crippen LogP contribution in [0.5, 0.6) is 0 Å². The minimum atomic E-state index is -4.55. The van der Waals surface area contributed by atoms with Crippen LogP contribution in [0, 0.1) is 0 Å². The zero-order chi connectivity index (χ0) is 15.6. The third-order valence-electron chi connectivity index (χ3n) is 2.51. The Labute approximate surface area is 115 Å². The largest absolute Gasteiger partial charge is 0.543 e. The van der Waals surface area contributed by atoms with Gasteiger partial charge in [-0.05, 0) is 18.2 Å². The van der Waals surface area contributed by atoms with Crippen LogP contribution in [0.15, 0.2) is 30.6 Å². The van der Waals surface area contributed by atoms with Crippen LogP contribution in [0.4, 0.5) is 18.9 Å².